The van der Waals surface area contributed by atoms with Crippen LogP contribution in [-0.4, -0.2) is 102 Å². The Kier molecular flexibility index (Phi) is 18.9. The van der Waals surface area contributed by atoms with Crippen LogP contribution in [0.15, 0.2) is 139 Å². The van der Waals surface area contributed by atoms with Crippen LogP contribution in [0.1, 0.15) is 86.0 Å². The third kappa shape index (κ3) is 14.8. The summed E-state index contributed by atoms with van der Waals surface area (Å²) in [5.41, 5.74) is 12.0. The lowest BCUT2D eigenvalue weighted by Crippen LogP contribution is -2.58. The number of benzene rings is 5. The number of aliphatic hydroxyl groups excluding tert-OH is 1. The number of β-amino-alcohol motifs (C(OH)–C–C–N with tert-alkyl or cyclic N) is 1. The largest absolute Gasteiger partial charge is 0.492 e. The van der Waals surface area contributed by atoms with E-state index in [2.05, 4.69) is 83.2 Å². The van der Waals surface area contributed by atoms with Crippen molar-refractivity contribution in [3.63, 3.8) is 0 Å². The summed E-state index contributed by atoms with van der Waals surface area (Å²) in [6.07, 6.45) is 1.77. The summed E-state index contributed by atoms with van der Waals surface area (Å²) in [7, 11) is 1.79. The number of hydrogen-bond acceptors (Lipinski definition) is 9. The number of allylic oxidation sites excluding steroid dienone is 1. The maximum absolute atomic E-state index is 14.0. The van der Waals surface area contributed by atoms with Gasteiger partial charge in [-0.3, -0.25) is 19.2 Å². The Morgan fingerprint density at radius 2 is 1.45 bits per heavy atom. The van der Waals surface area contributed by atoms with E-state index in [9.17, 15) is 24.3 Å². The average Bonchev–Trinajstić information content (AvgIpc) is 4.02. The molecule has 6 aromatic rings. The number of thiazole rings is 1. The molecule has 12 nitrogen and oxygen atoms in total. The van der Waals surface area contributed by atoms with Crippen LogP contribution < -0.4 is 15.4 Å². The predicted molar refractivity (Wildman–Crippen MR) is 290 cm³/mol. The maximum atomic E-state index is 14.0. The molecule has 1 aliphatic rings. The van der Waals surface area contributed by atoms with E-state index >= 15 is 0 Å². The van der Waals surface area contributed by atoms with Crippen LogP contribution in [-0.2, 0) is 43.3 Å². The van der Waals surface area contributed by atoms with Gasteiger partial charge in [0.1, 0.15) is 31.0 Å². The van der Waals surface area contributed by atoms with Gasteiger partial charge in [0.15, 0.2) is 0 Å². The van der Waals surface area contributed by atoms with Crippen molar-refractivity contribution in [3.8, 4) is 16.2 Å². The van der Waals surface area contributed by atoms with E-state index in [-0.39, 0.29) is 44.4 Å². The lowest BCUT2D eigenvalue weighted by atomic mass is 9.85. The zero-order valence-electron chi connectivity index (χ0n) is 42.9. The lowest BCUT2D eigenvalue weighted by Gasteiger charge is -2.35. The molecular weight excluding hydrogens is 935 g/mol. The van der Waals surface area contributed by atoms with Gasteiger partial charge in [0.25, 0.3) is 0 Å². The van der Waals surface area contributed by atoms with E-state index in [0.717, 1.165) is 56.1 Å². The number of carbonyl (C=O) groups excluding carboxylic acids is 4. The molecule has 0 bridgehead atoms. The number of ether oxygens (including phenoxy) is 2. The molecule has 3 N–H and O–H groups in total. The van der Waals surface area contributed by atoms with Crippen LogP contribution in [0.25, 0.3) is 21.6 Å². The highest BCUT2D eigenvalue weighted by atomic mass is 32.1. The van der Waals surface area contributed by atoms with Gasteiger partial charge in [-0.15, -0.1) is 11.3 Å². The third-order valence-corrected chi connectivity index (χ3v) is 14.2. The first-order valence-electron chi connectivity index (χ1n) is 25.2. The van der Waals surface area contributed by atoms with Crippen molar-refractivity contribution in [2.45, 2.75) is 91.5 Å². The fourth-order valence-corrected chi connectivity index (χ4v) is 9.90. The van der Waals surface area contributed by atoms with Crippen LogP contribution in [0.4, 0.5) is 0 Å². The number of aromatic nitrogens is 1. The smallest absolute Gasteiger partial charge is 0.246 e. The molecule has 1 fully saturated rings. The van der Waals surface area contributed by atoms with Gasteiger partial charge in [-0.1, -0.05) is 149 Å². The van der Waals surface area contributed by atoms with Crippen molar-refractivity contribution in [1.82, 2.24) is 25.4 Å². The minimum Gasteiger partial charge on any atom is -0.492 e. The molecule has 5 aromatic carbocycles. The summed E-state index contributed by atoms with van der Waals surface area (Å²) in [5, 5.41) is 16.4. The normalized spacial score (nSPS) is 15.3. The molecule has 13 heteroatoms. The number of hydrogen-bond donors (Lipinski definition) is 3. The van der Waals surface area contributed by atoms with Gasteiger partial charge < -0.3 is 35.0 Å². The van der Waals surface area contributed by atoms with Gasteiger partial charge in [0, 0.05) is 33.2 Å². The van der Waals surface area contributed by atoms with Crippen LogP contribution in [0, 0.1) is 12.3 Å². The van der Waals surface area contributed by atoms with E-state index < -0.39 is 35.4 Å². The van der Waals surface area contributed by atoms with E-state index in [0.29, 0.717) is 32.6 Å². The quantitative estimate of drug-likeness (QED) is 0.0450. The summed E-state index contributed by atoms with van der Waals surface area (Å²) in [6, 6.07) is 43.2. The molecule has 2 heterocycles. The number of rotatable bonds is 22. The molecule has 1 saturated heterocycles. The van der Waals surface area contributed by atoms with Crippen molar-refractivity contribution in [3.05, 3.63) is 178 Å². The fourth-order valence-electron chi connectivity index (χ4n) is 9.09. The minimum absolute atomic E-state index is 0.000936. The van der Waals surface area contributed by atoms with Crippen molar-refractivity contribution in [1.29, 1.82) is 0 Å². The van der Waals surface area contributed by atoms with Crippen molar-refractivity contribution >= 4 is 46.1 Å². The van der Waals surface area contributed by atoms with Crippen molar-refractivity contribution in [2.24, 2.45) is 5.41 Å². The molecule has 0 spiro atoms. The van der Waals surface area contributed by atoms with Gasteiger partial charge in [-0.25, -0.2) is 4.98 Å². The molecule has 382 valence electrons. The highest BCUT2D eigenvalue weighted by Gasteiger charge is 2.44. The fraction of sp³-hybridized carbons (Fsp3) is 0.350. The summed E-state index contributed by atoms with van der Waals surface area (Å²) in [5.74, 6) is -0.492. The first kappa shape index (κ1) is 53.9. The Hall–Kier alpha value is -6.93. The molecule has 0 radical (unpaired) electrons. The van der Waals surface area contributed by atoms with E-state index in [1.165, 1.54) is 21.6 Å². The Morgan fingerprint density at radius 1 is 0.822 bits per heavy atom. The lowest BCUT2D eigenvalue weighted by molar-refractivity contribution is -0.144. The van der Waals surface area contributed by atoms with Crippen LogP contribution in [0.3, 0.4) is 0 Å². The second-order valence-corrected chi connectivity index (χ2v) is 20.6. The number of aryl methyl sites for hydroxylation is 2. The third-order valence-electron chi connectivity index (χ3n) is 13.2. The first-order valence-corrected chi connectivity index (χ1v) is 26.1. The molecule has 0 saturated carbocycles. The minimum atomic E-state index is -0.953. The van der Waals surface area contributed by atoms with Crippen molar-refractivity contribution < 1.29 is 33.8 Å². The zero-order valence-corrected chi connectivity index (χ0v) is 43.8. The van der Waals surface area contributed by atoms with Crippen LogP contribution in [0.2, 0.25) is 0 Å². The zero-order chi connectivity index (χ0) is 51.9. The highest BCUT2D eigenvalue weighted by Crippen LogP contribution is 2.35. The summed E-state index contributed by atoms with van der Waals surface area (Å²) in [6.45, 7) is 10.9. The second-order valence-electron chi connectivity index (χ2n) is 19.7. The Balaban J connectivity index is 0.811. The maximum Gasteiger partial charge on any atom is 0.246 e. The molecule has 3 atom stereocenters. The standard InChI is InChI=1S/C60H69N5O7S/c1-7-51(45-16-10-8-11-17-45)55(46-18-12-9-13-19-46)47-28-30-50(31-29-47)72-34-32-64(6)54(68)35-43-22-20-42(21-23-43)15-14-33-71-39-53(67)63-57(60(3,4)5)59(70)65-38-49(66)36-52(65)58(69)61-37-44-24-26-48(27-25-44)56-41(2)62-40-73-56/h8-13,16-31,40,49,52,57,66H,7,14-15,32-39H2,1-6H3,(H,61,69)(H,63,67)/b55-51-/t49-,52+,57-/m1/s1. The summed E-state index contributed by atoms with van der Waals surface area (Å²) < 4.78 is 11.8. The molecule has 7 rings (SSSR count). The molecule has 73 heavy (non-hydrogen) atoms. The number of nitrogens with one attached hydrogen (secondary N) is 2. The SMILES string of the molecule is CC/C(=C(\c1ccccc1)c1ccc(OCCN(C)C(=O)Cc2ccc(CCCOCC(=O)N[C@H](C(=O)N3C[C@H](O)C[C@H]3C(=O)NCc3ccc(-c4scnc4C)cc3)C(C)(C)C)cc2)cc1)c1ccccc1. The number of likely N-dealkylation sites (N-methyl/N-ethyl adjacent to an activating group) is 1. The Morgan fingerprint density at radius 3 is 2.08 bits per heavy atom. The molecular formula is C60H69N5O7S. The highest BCUT2D eigenvalue weighted by molar-refractivity contribution is 7.13. The number of nitrogens with zero attached hydrogens (tertiary/aromatic N) is 3. The topological polar surface area (TPSA) is 150 Å². The monoisotopic (exact) mass is 1000 g/mol. The molecule has 0 aliphatic carbocycles. The number of carbonyl (C=O) groups is 4. The van der Waals surface area contributed by atoms with Gasteiger partial charge in [-0.2, -0.15) is 0 Å². The van der Waals surface area contributed by atoms with Gasteiger partial charge in [0.05, 0.1) is 35.2 Å². The van der Waals surface area contributed by atoms with Gasteiger partial charge in [-0.05, 0) is 93.8 Å². The average molecular weight is 1000 g/mol. The Labute approximate surface area is 434 Å². The number of amides is 4. The summed E-state index contributed by atoms with van der Waals surface area (Å²) >= 11 is 1.58. The molecule has 1 aromatic heterocycles. The second kappa shape index (κ2) is 25.6. The van der Waals surface area contributed by atoms with E-state index in [1.54, 1.807) is 23.3 Å². The van der Waals surface area contributed by atoms with Crippen molar-refractivity contribution in [2.75, 3.05) is 40.0 Å². The van der Waals surface area contributed by atoms with E-state index in [1.807, 2.05) is 106 Å². The van der Waals surface area contributed by atoms with Gasteiger partial charge in [0.2, 0.25) is 23.6 Å². The Bertz CT molecular complexity index is 2790. The predicted octanol–water partition coefficient (Wildman–Crippen LogP) is 9.33. The number of likely N-dealkylation sites (tertiary alicyclic amines) is 1. The van der Waals surface area contributed by atoms with Gasteiger partial charge >= 0.3 is 0 Å². The van der Waals surface area contributed by atoms with Crippen LogP contribution in [0.5, 0.6) is 5.75 Å². The molecule has 0 unspecified atom stereocenters. The molecule has 4 amide bonds. The first-order chi connectivity index (χ1) is 35.2. The number of aliphatic hydroxyl groups is 1. The molecule has 1 aliphatic heterocycles. The van der Waals surface area contributed by atoms with Crippen LogP contribution >= 0.6 is 11.3 Å². The van der Waals surface area contributed by atoms with E-state index in [4.69, 9.17) is 9.47 Å². The summed E-state index contributed by atoms with van der Waals surface area (Å²) in [4.78, 5) is 62.3.